The lowest BCUT2D eigenvalue weighted by atomic mass is 9.90. The van der Waals surface area contributed by atoms with Gasteiger partial charge in [-0.15, -0.1) is 0 Å². The average molecular weight is 247 g/mol. The zero-order chi connectivity index (χ0) is 13.0. The summed E-state index contributed by atoms with van der Waals surface area (Å²) in [4.78, 5) is 0. The van der Waals surface area contributed by atoms with Crippen LogP contribution in [0.4, 0.5) is 0 Å². The van der Waals surface area contributed by atoms with Gasteiger partial charge in [0, 0.05) is 11.6 Å². The SMILES string of the molecule is NC1=C(N(N)Cc2ccccc2)C(CO)CCC1. The van der Waals surface area contributed by atoms with E-state index in [-0.39, 0.29) is 12.5 Å². The van der Waals surface area contributed by atoms with Crippen molar-refractivity contribution in [2.45, 2.75) is 25.8 Å². The normalized spacial score (nSPS) is 20.0. The number of aliphatic hydroxyl groups excluding tert-OH is 1. The van der Waals surface area contributed by atoms with Crippen molar-refractivity contribution in [3.05, 3.63) is 47.3 Å². The fourth-order valence-corrected chi connectivity index (χ4v) is 2.53. The molecule has 1 aromatic carbocycles. The van der Waals surface area contributed by atoms with Crippen LogP contribution in [0.3, 0.4) is 0 Å². The lowest BCUT2D eigenvalue weighted by Gasteiger charge is -2.32. The summed E-state index contributed by atoms with van der Waals surface area (Å²) in [5.74, 6) is 6.20. The van der Waals surface area contributed by atoms with Gasteiger partial charge in [0.15, 0.2) is 0 Å². The summed E-state index contributed by atoms with van der Waals surface area (Å²) < 4.78 is 0. The van der Waals surface area contributed by atoms with Crippen LogP contribution in [-0.4, -0.2) is 16.7 Å². The van der Waals surface area contributed by atoms with E-state index < -0.39 is 0 Å². The number of nitrogens with zero attached hydrogens (tertiary/aromatic N) is 1. The molecule has 1 aromatic rings. The zero-order valence-corrected chi connectivity index (χ0v) is 10.5. The van der Waals surface area contributed by atoms with Gasteiger partial charge in [0.2, 0.25) is 0 Å². The number of hydrazine groups is 1. The average Bonchev–Trinajstić information content (AvgIpc) is 2.39. The summed E-state index contributed by atoms with van der Waals surface area (Å²) in [7, 11) is 0. The van der Waals surface area contributed by atoms with Gasteiger partial charge in [-0.1, -0.05) is 30.3 Å². The number of aliphatic hydroxyl groups is 1. The van der Waals surface area contributed by atoms with Gasteiger partial charge < -0.3 is 15.8 Å². The second-order valence-electron chi connectivity index (χ2n) is 4.80. The van der Waals surface area contributed by atoms with Crippen LogP contribution in [0.1, 0.15) is 24.8 Å². The first kappa shape index (κ1) is 12.9. The lowest BCUT2D eigenvalue weighted by Crippen LogP contribution is -2.38. The fourth-order valence-electron chi connectivity index (χ4n) is 2.53. The van der Waals surface area contributed by atoms with E-state index in [0.717, 1.165) is 36.2 Å². The van der Waals surface area contributed by atoms with Gasteiger partial charge in [0.25, 0.3) is 0 Å². The van der Waals surface area contributed by atoms with Crippen molar-refractivity contribution in [2.75, 3.05) is 6.61 Å². The van der Waals surface area contributed by atoms with Gasteiger partial charge in [-0.05, 0) is 24.8 Å². The minimum Gasteiger partial charge on any atom is -0.401 e. The smallest absolute Gasteiger partial charge is 0.0589 e. The first-order chi connectivity index (χ1) is 8.72. The predicted molar refractivity (Wildman–Crippen MR) is 71.8 cm³/mol. The van der Waals surface area contributed by atoms with E-state index in [9.17, 15) is 5.11 Å². The molecule has 0 aliphatic heterocycles. The largest absolute Gasteiger partial charge is 0.401 e. The number of hydrogen-bond donors (Lipinski definition) is 3. The molecule has 1 unspecified atom stereocenters. The summed E-state index contributed by atoms with van der Waals surface area (Å²) in [6.45, 7) is 0.728. The van der Waals surface area contributed by atoms with Gasteiger partial charge in [0.05, 0.1) is 18.8 Å². The molecule has 0 bridgehead atoms. The van der Waals surface area contributed by atoms with E-state index in [1.54, 1.807) is 5.01 Å². The molecule has 1 atom stereocenters. The second-order valence-corrected chi connectivity index (χ2v) is 4.80. The van der Waals surface area contributed by atoms with Crippen molar-refractivity contribution in [2.24, 2.45) is 17.5 Å². The third kappa shape index (κ3) is 2.83. The van der Waals surface area contributed by atoms with Crippen LogP contribution >= 0.6 is 0 Å². The quantitative estimate of drug-likeness (QED) is 0.554. The maximum atomic E-state index is 9.42. The maximum Gasteiger partial charge on any atom is 0.0589 e. The highest BCUT2D eigenvalue weighted by Gasteiger charge is 2.24. The summed E-state index contributed by atoms with van der Waals surface area (Å²) in [5.41, 5.74) is 8.92. The Hall–Kier alpha value is -1.52. The van der Waals surface area contributed by atoms with E-state index in [4.69, 9.17) is 11.6 Å². The van der Waals surface area contributed by atoms with E-state index in [1.807, 2.05) is 30.3 Å². The van der Waals surface area contributed by atoms with Crippen molar-refractivity contribution in [1.29, 1.82) is 0 Å². The molecule has 2 rings (SSSR count). The Labute approximate surface area is 108 Å². The minimum atomic E-state index is 0.0764. The zero-order valence-electron chi connectivity index (χ0n) is 10.5. The molecule has 0 saturated carbocycles. The summed E-state index contributed by atoms with van der Waals surface area (Å²) in [5, 5.41) is 11.1. The molecule has 5 N–H and O–H groups in total. The monoisotopic (exact) mass is 247 g/mol. The summed E-state index contributed by atoms with van der Waals surface area (Å²) in [6, 6.07) is 10.0. The van der Waals surface area contributed by atoms with Crippen molar-refractivity contribution in [3.8, 4) is 0 Å². The van der Waals surface area contributed by atoms with E-state index in [0.29, 0.717) is 6.54 Å². The van der Waals surface area contributed by atoms with Crippen molar-refractivity contribution in [1.82, 2.24) is 5.01 Å². The third-order valence-electron chi connectivity index (χ3n) is 3.44. The van der Waals surface area contributed by atoms with Crippen LogP contribution in [0.15, 0.2) is 41.7 Å². The molecule has 0 saturated heterocycles. The predicted octanol–water partition coefficient (Wildman–Crippen LogP) is 1.32. The highest BCUT2D eigenvalue weighted by Crippen LogP contribution is 2.29. The van der Waals surface area contributed by atoms with Gasteiger partial charge in [-0.2, -0.15) is 0 Å². The topological polar surface area (TPSA) is 75.5 Å². The van der Waals surface area contributed by atoms with Crippen LogP contribution in [0.2, 0.25) is 0 Å². The Morgan fingerprint density at radius 1 is 1.28 bits per heavy atom. The Morgan fingerprint density at radius 3 is 2.67 bits per heavy atom. The maximum absolute atomic E-state index is 9.42. The minimum absolute atomic E-state index is 0.0764. The molecule has 0 amide bonds. The molecule has 1 aliphatic carbocycles. The third-order valence-corrected chi connectivity index (χ3v) is 3.44. The molecule has 0 spiro atoms. The number of nitrogens with two attached hydrogens (primary N) is 2. The van der Waals surface area contributed by atoms with E-state index in [2.05, 4.69) is 0 Å². The molecule has 0 radical (unpaired) electrons. The lowest BCUT2D eigenvalue weighted by molar-refractivity contribution is 0.187. The Balaban J connectivity index is 2.14. The standard InChI is InChI=1S/C14H21N3O/c15-13-8-4-7-12(10-18)14(13)17(16)9-11-5-2-1-3-6-11/h1-3,5-6,12,18H,4,7-10,15-16H2. The second kappa shape index (κ2) is 5.89. The highest BCUT2D eigenvalue weighted by molar-refractivity contribution is 5.19. The van der Waals surface area contributed by atoms with Crippen molar-refractivity contribution in [3.63, 3.8) is 0 Å². The van der Waals surface area contributed by atoms with Crippen LogP contribution in [0, 0.1) is 5.92 Å². The molecule has 4 heteroatoms. The highest BCUT2D eigenvalue weighted by atomic mass is 16.3. The molecular weight excluding hydrogens is 226 g/mol. The first-order valence-corrected chi connectivity index (χ1v) is 6.38. The number of hydrogen-bond acceptors (Lipinski definition) is 4. The molecule has 1 aliphatic rings. The van der Waals surface area contributed by atoms with Gasteiger partial charge >= 0.3 is 0 Å². The van der Waals surface area contributed by atoms with Gasteiger partial charge in [0.1, 0.15) is 0 Å². The Kier molecular flexibility index (Phi) is 4.23. The summed E-state index contributed by atoms with van der Waals surface area (Å²) in [6.07, 6.45) is 2.85. The molecule has 0 fully saturated rings. The number of allylic oxidation sites excluding steroid dienone is 1. The van der Waals surface area contributed by atoms with Crippen LogP contribution in [-0.2, 0) is 6.54 Å². The van der Waals surface area contributed by atoms with Crippen LogP contribution < -0.4 is 11.6 Å². The van der Waals surface area contributed by atoms with Crippen LogP contribution in [0.25, 0.3) is 0 Å². The Bertz CT molecular complexity index is 416. The fraction of sp³-hybridized carbons (Fsp3) is 0.429. The van der Waals surface area contributed by atoms with Crippen molar-refractivity contribution >= 4 is 0 Å². The molecule has 18 heavy (non-hydrogen) atoms. The Morgan fingerprint density at radius 2 is 2.00 bits per heavy atom. The molecule has 0 heterocycles. The van der Waals surface area contributed by atoms with Crippen LogP contribution in [0.5, 0.6) is 0 Å². The molecule has 0 aromatic heterocycles. The van der Waals surface area contributed by atoms with Gasteiger partial charge in [-0.3, -0.25) is 0 Å². The van der Waals surface area contributed by atoms with E-state index in [1.165, 1.54) is 0 Å². The first-order valence-electron chi connectivity index (χ1n) is 6.38. The van der Waals surface area contributed by atoms with E-state index >= 15 is 0 Å². The van der Waals surface area contributed by atoms with Gasteiger partial charge in [-0.25, -0.2) is 5.84 Å². The van der Waals surface area contributed by atoms with Crippen molar-refractivity contribution < 1.29 is 5.11 Å². The molecule has 4 nitrogen and oxygen atoms in total. The summed E-state index contributed by atoms with van der Waals surface area (Å²) >= 11 is 0. The number of rotatable bonds is 4. The molecule has 98 valence electrons. The number of benzene rings is 1. The molecular formula is C14H21N3O.